The summed E-state index contributed by atoms with van der Waals surface area (Å²) in [6.45, 7) is 7.00. The van der Waals surface area contributed by atoms with Gasteiger partial charge in [0, 0.05) is 71.0 Å². The van der Waals surface area contributed by atoms with E-state index >= 15 is 0 Å². The van der Waals surface area contributed by atoms with Gasteiger partial charge in [-0.2, -0.15) is 5.10 Å². The van der Waals surface area contributed by atoms with E-state index in [0.29, 0.717) is 18.9 Å². The Kier molecular flexibility index (Phi) is 5.86. The van der Waals surface area contributed by atoms with E-state index in [-0.39, 0.29) is 18.4 Å². The van der Waals surface area contributed by atoms with E-state index in [1.165, 1.54) is 0 Å². The number of H-pyrrole nitrogens is 1. The second kappa shape index (κ2) is 8.09. The Morgan fingerprint density at radius 1 is 1.29 bits per heavy atom. The molecule has 2 fully saturated rings. The normalized spacial score (nSPS) is 26.2. The molecule has 1 aromatic rings. The molecule has 3 heterocycles. The second-order valence-electron chi connectivity index (χ2n) is 7.21. The van der Waals surface area contributed by atoms with Crippen molar-refractivity contribution in [3.63, 3.8) is 0 Å². The van der Waals surface area contributed by atoms with Crippen LogP contribution < -0.4 is 0 Å². The number of likely N-dealkylation sites (tertiary alicyclic amines) is 1. The van der Waals surface area contributed by atoms with E-state index in [1.54, 1.807) is 6.20 Å². The van der Waals surface area contributed by atoms with Gasteiger partial charge in [0.15, 0.2) is 0 Å². The summed E-state index contributed by atoms with van der Waals surface area (Å²) in [7, 11) is 2.16. The third kappa shape index (κ3) is 4.34. The second-order valence-corrected chi connectivity index (χ2v) is 7.21. The molecule has 0 radical (unpaired) electrons. The molecular weight excluding hydrogens is 306 g/mol. The Hall–Kier alpha value is -1.44. The van der Waals surface area contributed by atoms with Crippen LogP contribution in [0.3, 0.4) is 0 Å². The summed E-state index contributed by atoms with van der Waals surface area (Å²) in [4.78, 5) is 19.2. The fourth-order valence-corrected chi connectivity index (χ4v) is 3.74. The maximum Gasteiger partial charge on any atom is 0.222 e. The predicted molar refractivity (Wildman–Crippen MR) is 91.5 cm³/mol. The zero-order chi connectivity index (χ0) is 16.9. The first-order valence-corrected chi connectivity index (χ1v) is 8.93. The molecule has 1 amide bonds. The summed E-state index contributed by atoms with van der Waals surface area (Å²) in [5, 5.41) is 16.4. The van der Waals surface area contributed by atoms with Crippen LogP contribution in [0.15, 0.2) is 12.4 Å². The molecule has 0 unspecified atom stereocenters. The van der Waals surface area contributed by atoms with Crippen molar-refractivity contribution in [2.75, 3.05) is 59.5 Å². The Morgan fingerprint density at radius 2 is 2.04 bits per heavy atom. The van der Waals surface area contributed by atoms with E-state index in [0.717, 1.165) is 51.3 Å². The first-order chi connectivity index (χ1) is 11.7. The van der Waals surface area contributed by atoms with Crippen LogP contribution in [0.4, 0.5) is 0 Å². The molecule has 24 heavy (non-hydrogen) atoms. The number of aromatic amines is 1. The SMILES string of the molecule is CN1CCN(C[C@@H]2CN(C(=O)CCc3cn[nH]c3)C[C@@H]2CO)CC1. The van der Waals surface area contributed by atoms with E-state index in [9.17, 15) is 9.90 Å². The number of nitrogens with one attached hydrogen (secondary N) is 1. The lowest BCUT2D eigenvalue weighted by atomic mass is 9.96. The number of nitrogens with zero attached hydrogens (tertiary/aromatic N) is 4. The molecule has 2 atom stereocenters. The van der Waals surface area contributed by atoms with Gasteiger partial charge in [-0.1, -0.05) is 0 Å². The molecule has 3 rings (SSSR count). The minimum atomic E-state index is 0.171. The average Bonchev–Trinajstić information content (AvgIpc) is 3.24. The van der Waals surface area contributed by atoms with Gasteiger partial charge in [-0.05, 0) is 24.9 Å². The number of likely N-dealkylation sites (N-methyl/N-ethyl adjacent to an activating group) is 1. The minimum absolute atomic E-state index is 0.171. The number of hydrogen-bond acceptors (Lipinski definition) is 5. The fourth-order valence-electron chi connectivity index (χ4n) is 3.74. The summed E-state index contributed by atoms with van der Waals surface area (Å²) in [6, 6.07) is 0. The first kappa shape index (κ1) is 17.4. The van der Waals surface area contributed by atoms with E-state index in [2.05, 4.69) is 27.0 Å². The molecule has 7 heteroatoms. The molecule has 2 aliphatic heterocycles. The smallest absolute Gasteiger partial charge is 0.222 e. The van der Waals surface area contributed by atoms with Crippen LogP contribution in [0.25, 0.3) is 0 Å². The number of aromatic nitrogens is 2. The summed E-state index contributed by atoms with van der Waals surface area (Å²) in [6.07, 6.45) is 4.84. The van der Waals surface area contributed by atoms with Crippen LogP contribution in [-0.4, -0.2) is 95.4 Å². The van der Waals surface area contributed by atoms with Gasteiger partial charge in [-0.3, -0.25) is 9.89 Å². The van der Waals surface area contributed by atoms with Gasteiger partial charge in [0.2, 0.25) is 5.91 Å². The highest BCUT2D eigenvalue weighted by Gasteiger charge is 2.35. The zero-order valence-corrected chi connectivity index (χ0v) is 14.5. The molecule has 1 aromatic heterocycles. The van der Waals surface area contributed by atoms with Crippen LogP contribution in [-0.2, 0) is 11.2 Å². The van der Waals surface area contributed by atoms with Crippen molar-refractivity contribution in [1.82, 2.24) is 24.9 Å². The van der Waals surface area contributed by atoms with Crippen molar-refractivity contribution >= 4 is 5.91 Å². The van der Waals surface area contributed by atoms with E-state index in [1.807, 2.05) is 11.1 Å². The Labute approximate surface area is 143 Å². The van der Waals surface area contributed by atoms with Crippen LogP contribution in [0.2, 0.25) is 0 Å². The molecule has 2 saturated heterocycles. The maximum atomic E-state index is 12.5. The quantitative estimate of drug-likeness (QED) is 0.744. The number of hydrogen-bond donors (Lipinski definition) is 2. The minimum Gasteiger partial charge on any atom is -0.396 e. The summed E-state index contributed by atoms with van der Waals surface area (Å²) in [5.74, 6) is 0.786. The molecule has 0 bridgehead atoms. The molecule has 0 aliphatic carbocycles. The van der Waals surface area contributed by atoms with Gasteiger partial charge in [0.05, 0.1) is 6.20 Å². The highest BCUT2D eigenvalue weighted by molar-refractivity contribution is 5.76. The monoisotopic (exact) mass is 335 g/mol. The molecule has 2 aliphatic rings. The van der Waals surface area contributed by atoms with Crippen molar-refractivity contribution in [2.45, 2.75) is 12.8 Å². The number of carbonyl (C=O) groups is 1. The van der Waals surface area contributed by atoms with Gasteiger partial charge in [0.1, 0.15) is 0 Å². The summed E-state index contributed by atoms with van der Waals surface area (Å²) >= 11 is 0. The maximum absolute atomic E-state index is 12.5. The van der Waals surface area contributed by atoms with Crippen molar-refractivity contribution in [3.05, 3.63) is 18.0 Å². The number of piperazine rings is 1. The predicted octanol–water partition coefficient (Wildman–Crippen LogP) is -0.343. The molecule has 0 spiro atoms. The lowest BCUT2D eigenvalue weighted by Gasteiger charge is -2.34. The fraction of sp³-hybridized carbons (Fsp3) is 0.765. The number of aliphatic hydroxyl groups is 1. The lowest BCUT2D eigenvalue weighted by molar-refractivity contribution is -0.130. The van der Waals surface area contributed by atoms with E-state index in [4.69, 9.17) is 0 Å². The van der Waals surface area contributed by atoms with Crippen molar-refractivity contribution in [2.24, 2.45) is 11.8 Å². The van der Waals surface area contributed by atoms with Gasteiger partial charge in [0.25, 0.3) is 0 Å². The zero-order valence-electron chi connectivity index (χ0n) is 14.5. The first-order valence-electron chi connectivity index (χ1n) is 8.93. The Balaban J connectivity index is 1.48. The molecule has 0 saturated carbocycles. The van der Waals surface area contributed by atoms with Crippen LogP contribution >= 0.6 is 0 Å². The third-order valence-corrected chi connectivity index (χ3v) is 5.43. The highest BCUT2D eigenvalue weighted by Crippen LogP contribution is 2.25. The largest absolute Gasteiger partial charge is 0.396 e. The van der Waals surface area contributed by atoms with Crippen LogP contribution in [0, 0.1) is 11.8 Å². The molecular formula is C17H29N5O2. The van der Waals surface area contributed by atoms with Crippen LogP contribution in [0.1, 0.15) is 12.0 Å². The summed E-state index contributed by atoms with van der Waals surface area (Å²) in [5.41, 5.74) is 1.07. The van der Waals surface area contributed by atoms with Crippen molar-refractivity contribution in [3.8, 4) is 0 Å². The number of aliphatic hydroxyl groups excluding tert-OH is 1. The molecule has 134 valence electrons. The number of carbonyl (C=O) groups excluding carboxylic acids is 1. The Morgan fingerprint density at radius 3 is 2.71 bits per heavy atom. The topological polar surface area (TPSA) is 75.7 Å². The highest BCUT2D eigenvalue weighted by atomic mass is 16.3. The Bertz CT molecular complexity index is 513. The number of aryl methyl sites for hydroxylation is 1. The van der Waals surface area contributed by atoms with Crippen molar-refractivity contribution in [1.29, 1.82) is 0 Å². The number of amides is 1. The average molecular weight is 335 g/mol. The van der Waals surface area contributed by atoms with Gasteiger partial charge in [-0.15, -0.1) is 0 Å². The molecule has 2 N–H and O–H groups in total. The standard InChI is InChI=1S/C17H29N5O2/c1-20-4-6-21(7-5-20)10-15-11-22(12-16(15)13-23)17(24)3-2-14-8-18-19-9-14/h8-9,15-16,23H,2-7,10-13H2,1H3,(H,18,19)/t15-,16-/m1/s1. The van der Waals surface area contributed by atoms with Gasteiger partial charge in [-0.25, -0.2) is 0 Å². The summed E-state index contributed by atoms with van der Waals surface area (Å²) < 4.78 is 0. The van der Waals surface area contributed by atoms with Gasteiger partial charge >= 0.3 is 0 Å². The molecule has 7 nitrogen and oxygen atoms in total. The van der Waals surface area contributed by atoms with Gasteiger partial charge < -0.3 is 19.8 Å². The lowest BCUT2D eigenvalue weighted by Crippen LogP contribution is -2.47. The number of rotatable bonds is 6. The van der Waals surface area contributed by atoms with Crippen molar-refractivity contribution < 1.29 is 9.90 Å². The van der Waals surface area contributed by atoms with Crippen LogP contribution in [0.5, 0.6) is 0 Å². The molecule has 0 aromatic carbocycles. The van der Waals surface area contributed by atoms with E-state index < -0.39 is 0 Å². The third-order valence-electron chi connectivity index (χ3n) is 5.43.